The van der Waals surface area contributed by atoms with Crippen molar-refractivity contribution in [3.05, 3.63) is 34.3 Å². The second-order valence-corrected chi connectivity index (χ2v) is 6.44. The summed E-state index contributed by atoms with van der Waals surface area (Å²) in [4.78, 5) is 11.6. The van der Waals surface area contributed by atoms with Crippen molar-refractivity contribution in [2.75, 3.05) is 0 Å². The van der Waals surface area contributed by atoms with Crippen molar-refractivity contribution in [2.45, 2.75) is 45.0 Å². The van der Waals surface area contributed by atoms with Crippen LogP contribution >= 0.6 is 15.9 Å². The maximum Gasteiger partial charge on any atom is 1.00 e. The van der Waals surface area contributed by atoms with Gasteiger partial charge < -0.3 is 14.4 Å². The van der Waals surface area contributed by atoms with E-state index in [-0.39, 0.29) is 48.5 Å². The summed E-state index contributed by atoms with van der Waals surface area (Å²) in [7, 11) is 0. The summed E-state index contributed by atoms with van der Waals surface area (Å²) in [6, 6.07) is 6.97. The Hall–Kier alpha value is 0.200. The van der Waals surface area contributed by atoms with Gasteiger partial charge in [-0.15, -0.1) is 0 Å². The van der Waals surface area contributed by atoms with Crippen molar-refractivity contribution in [1.29, 1.82) is 0 Å². The van der Waals surface area contributed by atoms with Crippen LogP contribution in [0, 0.1) is 0 Å². The van der Waals surface area contributed by atoms with E-state index in [9.17, 15) is 18.7 Å². The Morgan fingerprint density at radius 3 is 2.39 bits per heavy atom. The van der Waals surface area contributed by atoms with Crippen LogP contribution in [-0.4, -0.2) is 32.2 Å². The van der Waals surface area contributed by atoms with E-state index in [2.05, 4.69) is 20.1 Å². The van der Waals surface area contributed by atoms with Gasteiger partial charge in [0.05, 0.1) is 17.5 Å². The summed E-state index contributed by atoms with van der Waals surface area (Å²) in [6.07, 6.45) is -1.54. The molecule has 1 N–H and O–H groups in total. The Morgan fingerprint density at radius 2 is 1.91 bits per heavy atom. The zero-order valence-corrected chi connectivity index (χ0v) is 17.6. The molecule has 23 heavy (non-hydrogen) atoms. The molecule has 0 bridgehead atoms. The van der Waals surface area contributed by atoms with Crippen LogP contribution in [0.2, 0.25) is 0 Å². The standard InChI is InChI=1S/C14H19BrO6S.Na/c1-9(2)20-13(16)8-7-12(14(17)21-22(18)19)10-3-5-11(15)6-4-10;/h3-6,9,12,14,17H,7-8H2,1-2H3,(H,18,19);/q;+1/p-1. The predicted molar refractivity (Wildman–Crippen MR) is 83.4 cm³/mol. The summed E-state index contributed by atoms with van der Waals surface area (Å²) >= 11 is 0.452. The van der Waals surface area contributed by atoms with Crippen molar-refractivity contribution >= 4 is 33.3 Å². The molecule has 6 nitrogen and oxygen atoms in total. The molecular weight excluding hydrogens is 399 g/mol. The Balaban J connectivity index is 0.00000484. The van der Waals surface area contributed by atoms with E-state index in [1.807, 2.05) is 0 Å². The molecule has 0 amide bonds. The van der Waals surface area contributed by atoms with Gasteiger partial charge in [-0.05, 0) is 38.0 Å². The van der Waals surface area contributed by atoms with Crippen LogP contribution in [0.5, 0.6) is 0 Å². The van der Waals surface area contributed by atoms with Gasteiger partial charge in [0, 0.05) is 16.8 Å². The van der Waals surface area contributed by atoms with Gasteiger partial charge in [-0.1, -0.05) is 28.1 Å². The number of aliphatic hydroxyl groups is 1. The van der Waals surface area contributed by atoms with Crippen molar-refractivity contribution in [3.8, 4) is 0 Å². The molecule has 0 fully saturated rings. The molecule has 124 valence electrons. The minimum atomic E-state index is -2.84. The van der Waals surface area contributed by atoms with Crippen LogP contribution in [0.25, 0.3) is 0 Å². The van der Waals surface area contributed by atoms with E-state index in [0.29, 0.717) is 5.56 Å². The van der Waals surface area contributed by atoms with E-state index < -0.39 is 29.5 Å². The molecule has 0 saturated carbocycles. The number of rotatable bonds is 8. The quantitative estimate of drug-likeness (QED) is 0.263. The molecule has 0 spiro atoms. The second-order valence-electron chi connectivity index (χ2n) is 4.93. The summed E-state index contributed by atoms with van der Waals surface area (Å²) in [5, 5.41) is 9.92. The van der Waals surface area contributed by atoms with Crippen molar-refractivity contribution in [1.82, 2.24) is 0 Å². The predicted octanol–water partition coefficient (Wildman–Crippen LogP) is -0.602. The zero-order chi connectivity index (χ0) is 16.7. The van der Waals surface area contributed by atoms with Crippen molar-refractivity contribution in [2.24, 2.45) is 0 Å². The molecule has 1 rings (SSSR count). The fourth-order valence-corrected chi connectivity index (χ4v) is 2.49. The van der Waals surface area contributed by atoms with Crippen molar-refractivity contribution < 1.29 is 57.1 Å². The second kappa shape index (κ2) is 11.7. The minimum absolute atomic E-state index is 0. The summed E-state index contributed by atoms with van der Waals surface area (Å²) in [5.41, 5.74) is 0.665. The number of benzene rings is 1. The largest absolute Gasteiger partial charge is 1.00 e. The van der Waals surface area contributed by atoms with Crippen LogP contribution in [0.1, 0.15) is 38.2 Å². The minimum Gasteiger partial charge on any atom is -0.750 e. The van der Waals surface area contributed by atoms with Gasteiger partial charge in [0.15, 0.2) is 6.29 Å². The van der Waals surface area contributed by atoms with E-state index in [0.717, 1.165) is 4.47 Å². The van der Waals surface area contributed by atoms with Crippen LogP contribution in [0.4, 0.5) is 0 Å². The molecule has 0 heterocycles. The summed E-state index contributed by atoms with van der Waals surface area (Å²) in [6.45, 7) is 3.48. The number of ether oxygens (including phenoxy) is 1. The number of carbonyl (C=O) groups excluding carboxylic acids is 1. The molecule has 1 aromatic carbocycles. The Morgan fingerprint density at radius 1 is 1.35 bits per heavy atom. The summed E-state index contributed by atoms with van der Waals surface area (Å²) < 4.78 is 31.5. The average molecular weight is 417 g/mol. The van der Waals surface area contributed by atoms with Gasteiger partial charge in [-0.3, -0.25) is 8.98 Å². The average Bonchev–Trinajstić information content (AvgIpc) is 2.39. The number of hydrogen-bond donors (Lipinski definition) is 1. The van der Waals surface area contributed by atoms with Gasteiger partial charge in [0.25, 0.3) is 0 Å². The van der Waals surface area contributed by atoms with Gasteiger partial charge in [-0.25, -0.2) is 4.21 Å². The third-order valence-electron chi connectivity index (χ3n) is 2.85. The molecule has 0 aliphatic carbocycles. The number of halogens is 1. The number of hydrogen-bond acceptors (Lipinski definition) is 6. The third kappa shape index (κ3) is 9.31. The Bertz CT molecular complexity index is 510. The third-order valence-corrected chi connectivity index (χ3v) is 3.73. The molecule has 9 heteroatoms. The van der Waals surface area contributed by atoms with Gasteiger partial charge in [0.2, 0.25) is 0 Å². The normalized spacial score (nSPS) is 14.7. The molecule has 0 aliphatic heterocycles. The Kier molecular flexibility index (Phi) is 11.8. The molecule has 1 aromatic rings. The fraction of sp³-hybridized carbons (Fsp3) is 0.500. The van der Waals surface area contributed by atoms with Crippen molar-refractivity contribution in [3.63, 3.8) is 0 Å². The molecule has 0 radical (unpaired) electrons. The first-order chi connectivity index (χ1) is 10.3. The Labute approximate surface area is 168 Å². The monoisotopic (exact) mass is 416 g/mol. The molecule has 3 atom stereocenters. The van der Waals surface area contributed by atoms with Crippen LogP contribution in [0.3, 0.4) is 0 Å². The molecule has 0 aliphatic rings. The molecule has 0 saturated heterocycles. The van der Waals surface area contributed by atoms with E-state index >= 15 is 0 Å². The maximum absolute atomic E-state index is 11.6. The molecular formula is C14H18BrNaO6S. The van der Waals surface area contributed by atoms with Crippen LogP contribution < -0.4 is 29.6 Å². The van der Waals surface area contributed by atoms with E-state index in [1.54, 1.807) is 38.1 Å². The maximum atomic E-state index is 11.6. The fourth-order valence-electron chi connectivity index (χ4n) is 1.93. The summed E-state index contributed by atoms with van der Waals surface area (Å²) in [5.74, 6) is -1.07. The first kappa shape index (κ1) is 23.2. The smallest absolute Gasteiger partial charge is 0.750 e. The van der Waals surface area contributed by atoms with Crippen LogP contribution in [-0.2, 0) is 25.1 Å². The zero-order valence-electron chi connectivity index (χ0n) is 13.2. The topological polar surface area (TPSA) is 95.9 Å². The van der Waals surface area contributed by atoms with E-state index in [1.165, 1.54) is 0 Å². The first-order valence-corrected chi connectivity index (χ1v) is 8.48. The van der Waals surface area contributed by atoms with Crippen LogP contribution in [0.15, 0.2) is 28.7 Å². The number of esters is 1. The number of aliphatic hydroxyl groups excluding tert-OH is 1. The SMILES string of the molecule is CC(C)OC(=O)CCC(c1ccc(Br)cc1)C(O)OS(=O)[O-].[Na+]. The first-order valence-electron chi connectivity index (χ1n) is 6.69. The van der Waals surface area contributed by atoms with E-state index in [4.69, 9.17) is 4.74 Å². The molecule has 3 unspecified atom stereocenters. The molecule has 0 aromatic heterocycles. The van der Waals surface area contributed by atoms with Gasteiger partial charge in [-0.2, -0.15) is 0 Å². The number of carbonyl (C=O) groups is 1. The van der Waals surface area contributed by atoms with Gasteiger partial charge >= 0.3 is 35.5 Å². The van der Waals surface area contributed by atoms with Gasteiger partial charge in [0.1, 0.15) is 0 Å².